The van der Waals surface area contributed by atoms with Gasteiger partial charge >= 0.3 is 0 Å². The smallest absolute Gasteiger partial charge is 0.0456 e. The van der Waals surface area contributed by atoms with Crippen molar-refractivity contribution in [3.05, 3.63) is 0 Å². The molecule has 68 valence electrons. The predicted octanol–water partition coefficient (Wildman–Crippen LogP) is 1.35. The van der Waals surface area contributed by atoms with Crippen molar-refractivity contribution in [2.45, 2.75) is 26.2 Å². The predicted molar refractivity (Wildman–Crippen MR) is 48.7 cm³/mol. The third-order valence-corrected chi connectivity index (χ3v) is 1.86. The van der Waals surface area contributed by atoms with E-state index in [4.69, 9.17) is 5.11 Å². The molecule has 0 saturated heterocycles. The van der Waals surface area contributed by atoms with Gasteiger partial charge in [0.15, 0.2) is 0 Å². The van der Waals surface area contributed by atoms with Crippen molar-refractivity contribution >= 4 is 0 Å². The van der Waals surface area contributed by atoms with Crippen LogP contribution in [-0.2, 0) is 0 Å². The van der Waals surface area contributed by atoms with Crippen LogP contribution >= 0.6 is 0 Å². The van der Waals surface area contributed by atoms with E-state index in [9.17, 15) is 0 Å². The summed E-state index contributed by atoms with van der Waals surface area (Å²) in [5.41, 5.74) is 0. The zero-order valence-electron chi connectivity index (χ0n) is 8.01. The van der Waals surface area contributed by atoms with Gasteiger partial charge in [0.25, 0.3) is 0 Å². The van der Waals surface area contributed by atoms with E-state index >= 15 is 0 Å². The molecule has 1 N–H and O–H groups in total. The van der Waals surface area contributed by atoms with Gasteiger partial charge in [0, 0.05) is 6.61 Å². The molecule has 11 heavy (non-hydrogen) atoms. The lowest BCUT2D eigenvalue weighted by atomic mass is 10.1. The molecule has 0 saturated carbocycles. The van der Waals surface area contributed by atoms with Crippen LogP contribution in [0.4, 0.5) is 0 Å². The molecule has 0 aromatic carbocycles. The summed E-state index contributed by atoms with van der Waals surface area (Å²) in [5, 5.41) is 8.73. The third kappa shape index (κ3) is 7.82. The topological polar surface area (TPSA) is 23.5 Å². The molecule has 0 radical (unpaired) electrons. The van der Waals surface area contributed by atoms with Crippen LogP contribution < -0.4 is 0 Å². The normalized spacial score (nSPS) is 13.9. The van der Waals surface area contributed by atoms with Gasteiger partial charge in [0.1, 0.15) is 0 Å². The van der Waals surface area contributed by atoms with Crippen LogP contribution in [0.15, 0.2) is 0 Å². The van der Waals surface area contributed by atoms with Crippen LogP contribution in [0, 0.1) is 5.92 Å². The summed E-state index contributed by atoms with van der Waals surface area (Å²) in [4.78, 5) is 2.20. The summed E-state index contributed by atoms with van der Waals surface area (Å²) in [7, 11) is 4.19. The Morgan fingerprint density at radius 1 is 1.27 bits per heavy atom. The molecule has 0 amide bonds. The first-order valence-electron chi connectivity index (χ1n) is 4.42. The lowest BCUT2D eigenvalue weighted by Crippen LogP contribution is -2.13. The van der Waals surface area contributed by atoms with Gasteiger partial charge in [-0.2, -0.15) is 0 Å². The number of nitrogens with zero attached hydrogens (tertiary/aromatic N) is 1. The van der Waals surface area contributed by atoms with Crippen LogP contribution in [0.5, 0.6) is 0 Å². The minimum atomic E-state index is 0.335. The molecule has 2 nitrogen and oxygen atoms in total. The molecular weight excluding hydrogens is 138 g/mol. The van der Waals surface area contributed by atoms with Gasteiger partial charge in [-0.3, -0.25) is 0 Å². The summed E-state index contributed by atoms with van der Waals surface area (Å²) in [6, 6.07) is 0. The highest BCUT2D eigenvalue weighted by Gasteiger charge is 1.98. The van der Waals surface area contributed by atoms with Gasteiger partial charge in [0.05, 0.1) is 0 Å². The Morgan fingerprint density at radius 3 is 2.36 bits per heavy atom. The summed E-state index contributed by atoms with van der Waals surface area (Å²) < 4.78 is 0. The first kappa shape index (κ1) is 10.9. The SMILES string of the molecule is CC(CO)CCCCN(C)C. The maximum Gasteiger partial charge on any atom is 0.0456 e. The molecule has 0 rings (SSSR count). The highest BCUT2D eigenvalue weighted by atomic mass is 16.3. The zero-order chi connectivity index (χ0) is 8.69. The van der Waals surface area contributed by atoms with Gasteiger partial charge in [-0.05, 0) is 39.4 Å². The molecule has 1 atom stereocenters. The Kier molecular flexibility index (Phi) is 6.57. The van der Waals surface area contributed by atoms with Crippen molar-refractivity contribution in [1.29, 1.82) is 0 Å². The van der Waals surface area contributed by atoms with Crippen LogP contribution in [0.1, 0.15) is 26.2 Å². The van der Waals surface area contributed by atoms with E-state index in [0.29, 0.717) is 12.5 Å². The van der Waals surface area contributed by atoms with Crippen molar-refractivity contribution in [2.75, 3.05) is 27.2 Å². The summed E-state index contributed by atoms with van der Waals surface area (Å²) in [5.74, 6) is 0.483. The second-order valence-corrected chi connectivity index (χ2v) is 3.59. The van der Waals surface area contributed by atoms with Crippen molar-refractivity contribution in [2.24, 2.45) is 5.92 Å². The van der Waals surface area contributed by atoms with Crippen molar-refractivity contribution < 1.29 is 5.11 Å². The maximum absolute atomic E-state index is 8.73. The van der Waals surface area contributed by atoms with Crippen LogP contribution in [-0.4, -0.2) is 37.3 Å². The van der Waals surface area contributed by atoms with Gasteiger partial charge in [-0.1, -0.05) is 13.3 Å². The molecule has 0 aromatic rings. The first-order chi connectivity index (χ1) is 5.16. The fourth-order valence-electron chi connectivity index (χ4n) is 1.01. The monoisotopic (exact) mass is 159 g/mol. The Balaban J connectivity index is 3.01. The van der Waals surface area contributed by atoms with E-state index in [1.54, 1.807) is 0 Å². The molecule has 2 heteroatoms. The molecule has 0 fully saturated rings. The fraction of sp³-hybridized carbons (Fsp3) is 1.00. The minimum Gasteiger partial charge on any atom is -0.396 e. The van der Waals surface area contributed by atoms with Crippen LogP contribution in [0.2, 0.25) is 0 Å². The van der Waals surface area contributed by atoms with Gasteiger partial charge in [0.2, 0.25) is 0 Å². The standard InChI is InChI=1S/C9H21NO/c1-9(8-11)6-4-5-7-10(2)3/h9,11H,4-8H2,1-3H3. The quantitative estimate of drug-likeness (QED) is 0.591. The van der Waals surface area contributed by atoms with Crippen molar-refractivity contribution in [3.8, 4) is 0 Å². The Bertz CT molecular complexity index is 83.6. The Labute approximate surface area is 70.2 Å². The second-order valence-electron chi connectivity index (χ2n) is 3.59. The number of unbranched alkanes of at least 4 members (excludes halogenated alkanes) is 1. The molecule has 0 aliphatic carbocycles. The van der Waals surface area contributed by atoms with Gasteiger partial charge < -0.3 is 10.0 Å². The van der Waals surface area contributed by atoms with E-state index in [-0.39, 0.29) is 0 Å². The maximum atomic E-state index is 8.73. The molecule has 0 aliphatic heterocycles. The van der Waals surface area contributed by atoms with E-state index in [0.717, 1.165) is 13.0 Å². The lowest BCUT2D eigenvalue weighted by molar-refractivity contribution is 0.226. The number of aliphatic hydroxyl groups is 1. The van der Waals surface area contributed by atoms with Crippen LogP contribution in [0.3, 0.4) is 0 Å². The molecule has 0 bridgehead atoms. The number of rotatable bonds is 6. The van der Waals surface area contributed by atoms with Crippen LogP contribution in [0.25, 0.3) is 0 Å². The fourth-order valence-corrected chi connectivity index (χ4v) is 1.01. The average Bonchev–Trinajstić information content (AvgIpc) is 1.97. The van der Waals surface area contributed by atoms with E-state index in [2.05, 4.69) is 25.9 Å². The molecule has 0 spiro atoms. The van der Waals surface area contributed by atoms with E-state index < -0.39 is 0 Å². The third-order valence-electron chi connectivity index (χ3n) is 1.86. The summed E-state index contributed by atoms with van der Waals surface area (Å²) >= 11 is 0. The average molecular weight is 159 g/mol. The van der Waals surface area contributed by atoms with Gasteiger partial charge in [-0.15, -0.1) is 0 Å². The zero-order valence-corrected chi connectivity index (χ0v) is 8.01. The highest BCUT2D eigenvalue weighted by molar-refractivity contribution is 4.52. The number of aliphatic hydroxyl groups excluding tert-OH is 1. The minimum absolute atomic E-state index is 0.335. The van der Waals surface area contributed by atoms with Crippen molar-refractivity contribution in [1.82, 2.24) is 4.90 Å². The second kappa shape index (κ2) is 6.62. The van der Waals surface area contributed by atoms with Crippen molar-refractivity contribution in [3.63, 3.8) is 0 Å². The molecule has 0 heterocycles. The number of hydrogen-bond acceptors (Lipinski definition) is 2. The lowest BCUT2D eigenvalue weighted by Gasteiger charge is -2.10. The summed E-state index contributed by atoms with van der Waals surface area (Å²) in [6.07, 6.45) is 3.64. The molecule has 0 aromatic heterocycles. The Morgan fingerprint density at radius 2 is 1.91 bits per heavy atom. The molecular formula is C9H21NO. The Hall–Kier alpha value is -0.0800. The molecule has 0 aliphatic rings. The largest absolute Gasteiger partial charge is 0.396 e. The van der Waals surface area contributed by atoms with E-state index in [1.807, 2.05) is 0 Å². The summed E-state index contributed by atoms with van der Waals surface area (Å²) in [6.45, 7) is 3.59. The highest BCUT2D eigenvalue weighted by Crippen LogP contribution is 2.06. The number of hydrogen-bond donors (Lipinski definition) is 1. The van der Waals surface area contributed by atoms with E-state index in [1.165, 1.54) is 12.8 Å². The first-order valence-corrected chi connectivity index (χ1v) is 4.42. The van der Waals surface area contributed by atoms with Gasteiger partial charge in [-0.25, -0.2) is 0 Å². The molecule has 1 unspecified atom stereocenters.